The van der Waals surface area contributed by atoms with Crippen LogP contribution in [0.2, 0.25) is 0 Å². The molecule has 0 aromatic carbocycles. The van der Waals surface area contributed by atoms with Crippen LogP contribution in [-0.2, 0) is 0 Å². The molecule has 1 aliphatic heterocycles. The largest absolute Gasteiger partial charge is 0.316 e. The van der Waals surface area contributed by atoms with Gasteiger partial charge < -0.3 is 5.32 Å². The van der Waals surface area contributed by atoms with Crippen LogP contribution >= 0.6 is 0 Å². The van der Waals surface area contributed by atoms with Gasteiger partial charge in [-0.15, -0.1) is 0 Å². The molecule has 0 radical (unpaired) electrons. The first kappa shape index (κ1) is 6.66. The molecule has 58 valence electrons. The zero-order valence-electron chi connectivity index (χ0n) is 7.04. The van der Waals surface area contributed by atoms with Crippen LogP contribution in [0.5, 0.6) is 0 Å². The van der Waals surface area contributed by atoms with Crippen molar-refractivity contribution in [2.45, 2.75) is 33.1 Å². The molecular weight excluding hydrogens is 122 g/mol. The van der Waals surface area contributed by atoms with Crippen molar-refractivity contribution in [2.75, 3.05) is 13.1 Å². The molecule has 0 aromatic rings. The van der Waals surface area contributed by atoms with E-state index in [0.717, 1.165) is 0 Å². The topological polar surface area (TPSA) is 12.0 Å². The smallest absolute Gasteiger partial charge is 0.00134 e. The summed E-state index contributed by atoms with van der Waals surface area (Å²) in [5, 5.41) is 3.47. The summed E-state index contributed by atoms with van der Waals surface area (Å²) in [6.45, 7) is 7.37. The summed E-state index contributed by atoms with van der Waals surface area (Å²) in [7, 11) is 0. The molecule has 2 rings (SSSR count). The summed E-state index contributed by atoms with van der Waals surface area (Å²) < 4.78 is 0. The van der Waals surface area contributed by atoms with Gasteiger partial charge in [0, 0.05) is 6.54 Å². The van der Waals surface area contributed by atoms with E-state index in [0.29, 0.717) is 10.8 Å². The molecule has 1 N–H and O–H groups in total. The van der Waals surface area contributed by atoms with Crippen LogP contribution in [0.1, 0.15) is 33.1 Å². The summed E-state index contributed by atoms with van der Waals surface area (Å²) in [6.07, 6.45) is 4.32. The van der Waals surface area contributed by atoms with Crippen LogP contribution in [0.25, 0.3) is 0 Å². The van der Waals surface area contributed by atoms with Crippen LogP contribution in [0, 0.1) is 10.8 Å². The first-order valence-corrected chi connectivity index (χ1v) is 4.37. The molecule has 10 heavy (non-hydrogen) atoms. The van der Waals surface area contributed by atoms with E-state index in [2.05, 4.69) is 19.2 Å². The Kier molecular flexibility index (Phi) is 1.17. The molecule has 0 bridgehead atoms. The molecular formula is C9H17N. The minimum absolute atomic E-state index is 0.635. The average Bonchev–Trinajstić information content (AvgIpc) is 2.34. The lowest BCUT2D eigenvalue weighted by molar-refractivity contribution is -0.0326. The summed E-state index contributed by atoms with van der Waals surface area (Å²) >= 11 is 0. The molecule has 1 spiro atoms. The molecule has 1 nitrogen and oxygen atoms in total. The fourth-order valence-electron chi connectivity index (χ4n) is 2.51. The quantitative estimate of drug-likeness (QED) is 0.539. The van der Waals surface area contributed by atoms with Gasteiger partial charge in [-0.25, -0.2) is 0 Å². The number of hydrogen-bond acceptors (Lipinski definition) is 1. The molecule has 0 amide bonds. The number of nitrogens with one attached hydrogen (secondary N) is 1. The number of hydrogen-bond donors (Lipinski definition) is 1. The van der Waals surface area contributed by atoms with Crippen LogP contribution in [-0.4, -0.2) is 13.1 Å². The van der Waals surface area contributed by atoms with Gasteiger partial charge in [-0.2, -0.15) is 0 Å². The van der Waals surface area contributed by atoms with Crippen molar-refractivity contribution >= 4 is 0 Å². The van der Waals surface area contributed by atoms with E-state index in [-0.39, 0.29) is 0 Å². The van der Waals surface area contributed by atoms with Gasteiger partial charge in [0.1, 0.15) is 0 Å². The van der Waals surface area contributed by atoms with Gasteiger partial charge in [-0.3, -0.25) is 0 Å². The van der Waals surface area contributed by atoms with Crippen LogP contribution in [0.4, 0.5) is 0 Å². The average molecular weight is 139 g/mol. The molecule has 1 heteroatoms. The number of rotatable bonds is 0. The van der Waals surface area contributed by atoms with E-state index >= 15 is 0 Å². The Hall–Kier alpha value is -0.0400. The third-order valence-electron chi connectivity index (χ3n) is 3.91. The van der Waals surface area contributed by atoms with E-state index in [1.54, 1.807) is 0 Å². The molecule has 1 atom stereocenters. The van der Waals surface area contributed by atoms with Crippen LogP contribution in [0.3, 0.4) is 0 Å². The van der Waals surface area contributed by atoms with Gasteiger partial charge in [0.05, 0.1) is 0 Å². The van der Waals surface area contributed by atoms with E-state index in [1.807, 2.05) is 0 Å². The fourth-order valence-corrected chi connectivity index (χ4v) is 2.51. The molecule has 2 aliphatic rings. The summed E-state index contributed by atoms with van der Waals surface area (Å²) in [5.74, 6) is 0. The highest BCUT2D eigenvalue weighted by Gasteiger charge is 2.53. The van der Waals surface area contributed by atoms with Crippen molar-refractivity contribution in [3.8, 4) is 0 Å². The second-order valence-corrected chi connectivity index (χ2v) is 4.59. The van der Waals surface area contributed by atoms with E-state index in [1.165, 1.54) is 32.4 Å². The maximum absolute atomic E-state index is 3.47. The van der Waals surface area contributed by atoms with Crippen molar-refractivity contribution < 1.29 is 0 Å². The summed E-state index contributed by atoms with van der Waals surface area (Å²) in [5.41, 5.74) is 1.34. The van der Waals surface area contributed by atoms with Crippen molar-refractivity contribution in [3.63, 3.8) is 0 Å². The van der Waals surface area contributed by atoms with Crippen molar-refractivity contribution in [1.82, 2.24) is 5.32 Å². The summed E-state index contributed by atoms with van der Waals surface area (Å²) in [6, 6.07) is 0. The van der Waals surface area contributed by atoms with Gasteiger partial charge in [0.25, 0.3) is 0 Å². The lowest BCUT2D eigenvalue weighted by Gasteiger charge is -2.54. The second kappa shape index (κ2) is 1.76. The third kappa shape index (κ3) is 0.619. The Balaban J connectivity index is 2.15. The maximum Gasteiger partial charge on any atom is 0.00134 e. The molecule has 2 fully saturated rings. The Labute approximate surface area is 63.2 Å². The van der Waals surface area contributed by atoms with Gasteiger partial charge in [-0.1, -0.05) is 13.8 Å². The van der Waals surface area contributed by atoms with Gasteiger partial charge in [0.15, 0.2) is 0 Å². The minimum atomic E-state index is 0.635. The zero-order chi connectivity index (χ0) is 7.24. The lowest BCUT2D eigenvalue weighted by atomic mass is 9.51. The molecule has 1 saturated carbocycles. The predicted molar refractivity (Wildman–Crippen MR) is 42.9 cm³/mol. The minimum Gasteiger partial charge on any atom is -0.316 e. The van der Waals surface area contributed by atoms with Crippen LogP contribution in [0.15, 0.2) is 0 Å². The highest BCUT2D eigenvalue weighted by atomic mass is 14.9. The Bertz CT molecular complexity index is 143. The van der Waals surface area contributed by atoms with E-state index in [9.17, 15) is 0 Å². The lowest BCUT2D eigenvalue weighted by Crippen LogP contribution is -2.48. The first-order valence-electron chi connectivity index (χ1n) is 4.37. The summed E-state index contributed by atoms with van der Waals surface area (Å²) in [4.78, 5) is 0. The molecule has 1 unspecified atom stereocenters. The maximum atomic E-state index is 3.47. The van der Waals surface area contributed by atoms with Crippen molar-refractivity contribution in [1.29, 1.82) is 0 Å². The predicted octanol–water partition coefficient (Wildman–Crippen LogP) is 1.79. The molecule has 1 aliphatic carbocycles. The van der Waals surface area contributed by atoms with E-state index in [4.69, 9.17) is 0 Å². The van der Waals surface area contributed by atoms with E-state index < -0.39 is 0 Å². The van der Waals surface area contributed by atoms with Crippen LogP contribution < -0.4 is 5.32 Å². The first-order chi connectivity index (χ1) is 4.66. The van der Waals surface area contributed by atoms with Gasteiger partial charge in [0.2, 0.25) is 0 Å². The van der Waals surface area contributed by atoms with Crippen molar-refractivity contribution in [2.24, 2.45) is 10.8 Å². The standard InChI is InChI=1S/C9H17N/c1-8(2)3-4-9(8)5-6-10-7-9/h10H,3-7H2,1-2H3. The second-order valence-electron chi connectivity index (χ2n) is 4.59. The molecule has 1 heterocycles. The highest BCUT2D eigenvalue weighted by molar-refractivity contribution is 5.05. The monoisotopic (exact) mass is 139 g/mol. The normalized spacial score (nSPS) is 43.8. The Morgan fingerprint density at radius 2 is 1.90 bits per heavy atom. The molecule has 0 aromatic heterocycles. The zero-order valence-corrected chi connectivity index (χ0v) is 7.04. The molecule has 1 saturated heterocycles. The SMILES string of the molecule is CC1(C)CCC12CCNC2. The fraction of sp³-hybridized carbons (Fsp3) is 1.00. The third-order valence-corrected chi connectivity index (χ3v) is 3.91. The van der Waals surface area contributed by atoms with Gasteiger partial charge in [-0.05, 0) is 36.6 Å². The highest BCUT2D eigenvalue weighted by Crippen LogP contribution is 2.59. The Morgan fingerprint density at radius 1 is 1.10 bits per heavy atom. The Morgan fingerprint density at radius 3 is 2.10 bits per heavy atom. The van der Waals surface area contributed by atoms with Gasteiger partial charge >= 0.3 is 0 Å². The van der Waals surface area contributed by atoms with Crippen molar-refractivity contribution in [3.05, 3.63) is 0 Å².